The van der Waals surface area contributed by atoms with Gasteiger partial charge in [-0.05, 0) is 32.6 Å². The van der Waals surface area contributed by atoms with Crippen LogP contribution in [0.1, 0.15) is 26.7 Å². The molecule has 7 heteroatoms. The molecule has 0 radical (unpaired) electrons. The molecule has 0 aromatic heterocycles. The van der Waals surface area contributed by atoms with Gasteiger partial charge in [-0.3, -0.25) is 9.59 Å². The Balaban J connectivity index is 2.59. The molecule has 1 fully saturated rings. The van der Waals surface area contributed by atoms with Crippen LogP contribution in [0.3, 0.4) is 0 Å². The van der Waals surface area contributed by atoms with Crippen molar-refractivity contribution in [1.82, 2.24) is 14.7 Å². The third kappa shape index (κ3) is 5.61. The van der Waals surface area contributed by atoms with Gasteiger partial charge in [0, 0.05) is 26.7 Å². The number of rotatable bonds is 8. The third-order valence-corrected chi connectivity index (χ3v) is 3.59. The summed E-state index contributed by atoms with van der Waals surface area (Å²) < 4.78 is 0. The lowest BCUT2D eigenvalue weighted by molar-refractivity contribution is -0.137. The Hall–Kier alpha value is -1.79. The van der Waals surface area contributed by atoms with Crippen LogP contribution in [0.15, 0.2) is 0 Å². The van der Waals surface area contributed by atoms with E-state index in [1.54, 1.807) is 4.90 Å². The van der Waals surface area contributed by atoms with Crippen LogP contribution in [0.2, 0.25) is 0 Å². The van der Waals surface area contributed by atoms with Crippen molar-refractivity contribution in [2.24, 2.45) is 5.92 Å². The summed E-state index contributed by atoms with van der Waals surface area (Å²) in [5, 5.41) is 8.91. The van der Waals surface area contributed by atoms with Gasteiger partial charge in [-0.2, -0.15) is 0 Å². The predicted octanol–water partition coefficient (Wildman–Crippen LogP) is 0.703. The fourth-order valence-electron chi connectivity index (χ4n) is 2.17. The van der Waals surface area contributed by atoms with E-state index in [0.717, 1.165) is 12.8 Å². The highest BCUT2D eigenvalue weighted by molar-refractivity contribution is 5.85. The fourth-order valence-corrected chi connectivity index (χ4v) is 2.17. The molecule has 0 aromatic carbocycles. The third-order valence-electron chi connectivity index (χ3n) is 3.59. The van der Waals surface area contributed by atoms with Crippen molar-refractivity contribution >= 4 is 17.9 Å². The molecule has 7 nitrogen and oxygen atoms in total. The van der Waals surface area contributed by atoms with Crippen molar-refractivity contribution in [1.29, 1.82) is 0 Å². The quantitative estimate of drug-likeness (QED) is 0.715. The number of nitrogens with zero attached hydrogens (tertiary/aromatic N) is 3. The zero-order valence-corrected chi connectivity index (χ0v) is 13.0. The minimum Gasteiger partial charge on any atom is -0.480 e. The van der Waals surface area contributed by atoms with Gasteiger partial charge in [0.05, 0.1) is 0 Å². The number of carbonyl (C=O) groups excluding carboxylic acids is 2. The number of aliphatic carboxylic acids is 1. The number of likely N-dealkylation sites (N-methyl/N-ethyl adjacent to an activating group) is 2. The van der Waals surface area contributed by atoms with Crippen molar-refractivity contribution in [3.63, 3.8) is 0 Å². The number of urea groups is 1. The second kappa shape index (κ2) is 7.85. The van der Waals surface area contributed by atoms with Crippen LogP contribution in [-0.2, 0) is 9.59 Å². The Labute approximate surface area is 125 Å². The summed E-state index contributed by atoms with van der Waals surface area (Å²) in [7, 11) is 1.53. The van der Waals surface area contributed by atoms with E-state index >= 15 is 0 Å². The van der Waals surface area contributed by atoms with Gasteiger partial charge in [-0.15, -0.1) is 0 Å². The highest BCUT2D eigenvalue weighted by Crippen LogP contribution is 2.29. The predicted molar refractivity (Wildman–Crippen MR) is 77.9 cm³/mol. The monoisotopic (exact) mass is 299 g/mol. The van der Waals surface area contributed by atoms with Crippen molar-refractivity contribution in [2.45, 2.75) is 26.7 Å². The van der Waals surface area contributed by atoms with Gasteiger partial charge in [0.2, 0.25) is 5.91 Å². The molecule has 1 aliphatic rings. The maximum absolute atomic E-state index is 12.3. The van der Waals surface area contributed by atoms with Crippen LogP contribution in [0.4, 0.5) is 4.79 Å². The van der Waals surface area contributed by atoms with Gasteiger partial charge in [-0.1, -0.05) is 0 Å². The summed E-state index contributed by atoms with van der Waals surface area (Å²) in [5.41, 5.74) is 0. The van der Waals surface area contributed by atoms with Crippen LogP contribution in [0.25, 0.3) is 0 Å². The maximum Gasteiger partial charge on any atom is 0.323 e. The molecule has 0 heterocycles. The lowest BCUT2D eigenvalue weighted by Crippen LogP contribution is -2.48. The van der Waals surface area contributed by atoms with Crippen molar-refractivity contribution in [3.8, 4) is 0 Å². The number of hydrogen-bond acceptors (Lipinski definition) is 3. The molecule has 1 aliphatic carbocycles. The Morgan fingerprint density at radius 1 is 1.05 bits per heavy atom. The first-order valence-corrected chi connectivity index (χ1v) is 7.38. The SMILES string of the molecule is CCN(CC)C(=O)CN(C)C(=O)N(CC(=O)O)CC1CC1. The number of carbonyl (C=O) groups is 3. The molecule has 0 aliphatic heterocycles. The summed E-state index contributed by atoms with van der Waals surface area (Å²) >= 11 is 0. The van der Waals surface area contributed by atoms with Crippen molar-refractivity contribution in [3.05, 3.63) is 0 Å². The van der Waals surface area contributed by atoms with E-state index < -0.39 is 12.0 Å². The van der Waals surface area contributed by atoms with Gasteiger partial charge in [-0.25, -0.2) is 4.79 Å². The van der Waals surface area contributed by atoms with Gasteiger partial charge < -0.3 is 19.8 Å². The average Bonchev–Trinajstić information content (AvgIpc) is 3.21. The normalized spacial score (nSPS) is 13.7. The second-order valence-electron chi connectivity index (χ2n) is 5.42. The fraction of sp³-hybridized carbons (Fsp3) is 0.786. The average molecular weight is 299 g/mol. The maximum atomic E-state index is 12.3. The van der Waals surface area contributed by atoms with E-state index in [1.807, 2.05) is 13.8 Å². The van der Waals surface area contributed by atoms with Crippen LogP contribution >= 0.6 is 0 Å². The zero-order chi connectivity index (χ0) is 16.0. The highest BCUT2D eigenvalue weighted by atomic mass is 16.4. The zero-order valence-electron chi connectivity index (χ0n) is 13.0. The minimum atomic E-state index is -1.03. The van der Waals surface area contributed by atoms with E-state index in [0.29, 0.717) is 25.6 Å². The van der Waals surface area contributed by atoms with Gasteiger partial charge in [0.25, 0.3) is 0 Å². The molecule has 0 atom stereocenters. The molecule has 1 rings (SSSR count). The van der Waals surface area contributed by atoms with Crippen LogP contribution < -0.4 is 0 Å². The van der Waals surface area contributed by atoms with Gasteiger partial charge in [0.15, 0.2) is 0 Å². The van der Waals surface area contributed by atoms with Crippen molar-refractivity contribution in [2.75, 3.05) is 39.8 Å². The topological polar surface area (TPSA) is 81.2 Å². The summed E-state index contributed by atoms with van der Waals surface area (Å²) in [6, 6.07) is -0.398. The first-order valence-electron chi connectivity index (χ1n) is 7.38. The Bertz CT molecular complexity index is 392. The molecule has 0 saturated heterocycles. The Kier molecular flexibility index (Phi) is 6.45. The van der Waals surface area contributed by atoms with Gasteiger partial charge in [0.1, 0.15) is 13.1 Å². The number of carboxylic acids is 1. The molecule has 3 amide bonds. The molecule has 0 spiro atoms. The summed E-state index contributed by atoms with van der Waals surface area (Å²) in [6.07, 6.45) is 2.07. The Morgan fingerprint density at radius 2 is 1.62 bits per heavy atom. The van der Waals surface area contributed by atoms with Crippen LogP contribution in [-0.4, -0.2) is 77.5 Å². The van der Waals surface area contributed by atoms with Crippen LogP contribution in [0, 0.1) is 5.92 Å². The molecule has 1 saturated carbocycles. The van der Waals surface area contributed by atoms with E-state index in [4.69, 9.17) is 5.11 Å². The summed E-state index contributed by atoms with van der Waals surface area (Å²) in [4.78, 5) is 39.4. The van der Waals surface area contributed by atoms with E-state index in [9.17, 15) is 14.4 Å². The molecule has 21 heavy (non-hydrogen) atoms. The van der Waals surface area contributed by atoms with Crippen molar-refractivity contribution < 1.29 is 19.5 Å². The minimum absolute atomic E-state index is 0.0265. The molecule has 1 N–H and O–H groups in total. The lowest BCUT2D eigenvalue weighted by atomic mass is 10.3. The number of amides is 3. The van der Waals surface area contributed by atoms with E-state index in [1.165, 1.54) is 16.8 Å². The molecule has 120 valence electrons. The lowest BCUT2D eigenvalue weighted by Gasteiger charge is -2.28. The second-order valence-corrected chi connectivity index (χ2v) is 5.42. The first-order chi connectivity index (χ1) is 9.88. The molecule has 0 aromatic rings. The smallest absolute Gasteiger partial charge is 0.323 e. The van der Waals surface area contributed by atoms with E-state index in [2.05, 4.69) is 0 Å². The molecule has 0 bridgehead atoms. The largest absolute Gasteiger partial charge is 0.480 e. The molecule has 0 unspecified atom stereocenters. The van der Waals surface area contributed by atoms with E-state index in [-0.39, 0.29) is 19.0 Å². The molecular formula is C14H25N3O4. The number of carboxylic acid groups (broad SMARTS) is 1. The first kappa shape index (κ1) is 17.3. The summed E-state index contributed by atoms with van der Waals surface area (Å²) in [6.45, 7) is 5.06. The molecular weight excluding hydrogens is 274 g/mol. The highest BCUT2D eigenvalue weighted by Gasteiger charge is 2.30. The van der Waals surface area contributed by atoms with Gasteiger partial charge >= 0.3 is 12.0 Å². The Morgan fingerprint density at radius 3 is 2.05 bits per heavy atom. The standard InChI is InChI=1S/C14H25N3O4/c1-4-16(5-2)12(18)9-15(3)14(21)17(10-13(19)20)8-11-6-7-11/h11H,4-10H2,1-3H3,(H,19,20). The summed E-state index contributed by atoms with van der Waals surface area (Å²) in [5.74, 6) is -0.759. The van der Waals surface area contributed by atoms with Crippen LogP contribution in [0.5, 0.6) is 0 Å². The number of hydrogen-bond donors (Lipinski definition) is 1.